The van der Waals surface area contributed by atoms with E-state index >= 15 is 0 Å². The van der Waals surface area contributed by atoms with E-state index in [1.807, 2.05) is 38.1 Å². The molecule has 0 aliphatic rings. The monoisotopic (exact) mass is 290 g/mol. The number of esters is 2. The number of hydrogen-bond donors (Lipinski definition) is 0. The predicted octanol–water partition coefficient (Wildman–Crippen LogP) is 3.15. The average Bonchev–Trinajstić information content (AvgIpc) is 2.44. The number of benzene rings is 1. The number of rotatable bonds is 6. The fourth-order valence-electron chi connectivity index (χ4n) is 1.94. The van der Waals surface area contributed by atoms with Crippen LogP contribution in [0.5, 0.6) is 0 Å². The molecule has 0 heterocycles. The average molecular weight is 290 g/mol. The predicted molar refractivity (Wildman–Crippen MR) is 80.9 cm³/mol. The van der Waals surface area contributed by atoms with Crippen molar-refractivity contribution in [1.29, 1.82) is 0 Å². The van der Waals surface area contributed by atoms with Crippen LogP contribution < -0.4 is 0 Å². The van der Waals surface area contributed by atoms with Gasteiger partial charge in [-0.15, -0.1) is 0 Å². The van der Waals surface area contributed by atoms with Gasteiger partial charge in [0.15, 0.2) is 0 Å². The Morgan fingerprint density at radius 1 is 1.14 bits per heavy atom. The zero-order valence-corrected chi connectivity index (χ0v) is 13.0. The van der Waals surface area contributed by atoms with Gasteiger partial charge in [0.25, 0.3) is 0 Å². The Morgan fingerprint density at radius 2 is 1.71 bits per heavy atom. The molecule has 0 saturated heterocycles. The molecule has 21 heavy (non-hydrogen) atoms. The Kier molecular flexibility index (Phi) is 6.66. The van der Waals surface area contributed by atoms with Crippen molar-refractivity contribution in [1.82, 2.24) is 0 Å². The van der Waals surface area contributed by atoms with Gasteiger partial charge in [0.05, 0.1) is 13.2 Å². The van der Waals surface area contributed by atoms with Crippen molar-refractivity contribution in [2.24, 2.45) is 0 Å². The van der Waals surface area contributed by atoms with E-state index in [2.05, 4.69) is 0 Å². The number of aryl methyl sites for hydroxylation is 1. The molecule has 0 fully saturated rings. The third-order valence-electron chi connectivity index (χ3n) is 2.98. The van der Waals surface area contributed by atoms with Crippen LogP contribution in [0.2, 0.25) is 0 Å². The van der Waals surface area contributed by atoms with Crippen molar-refractivity contribution in [3.63, 3.8) is 0 Å². The van der Waals surface area contributed by atoms with E-state index in [-0.39, 0.29) is 24.7 Å². The number of carbonyl (C=O) groups excluding carboxylic acids is 2. The van der Waals surface area contributed by atoms with Crippen LogP contribution in [0.4, 0.5) is 0 Å². The van der Waals surface area contributed by atoms with Crippen molar-refractivity contribution in [3.05, 3.63) is 47.0 Å². The second-order valence-electron chi connectivity index (χ2n) is 4.72. The van der Waals surface area contributed by atoms with Gasteiger partial charge in [-0.1, -0.05) is 42.8 Å². The minimum Gasteiger partial charge on any atom is -0.462 e. The Bertz CT molecular complexity index is 511. The van der Waals surface area contributed by atoms with Crippen molar-refractivity contribution >= 4 is 11.9 Å². The van der Waals surface area contributed by atoms with Gasteiger partial charge >= 0.3 is 11.9 Å². The Balaban J connectivity index is 3.05. The summed E-state index contributed by atoms with van der Waals surface area (Å²) in [5.74, 6) is -1.38. The minimum atomic E-state index is -0.643. The lowest BCUT2D eigenvalue weighted by atomic mass is 9.97. The minimum absolute atomic E-state index is 0.0484. The molecule has 0 saturated carbocycles. The summed E-state index contributed by atoms with van der Waals surface area (Å²) in [4.78, 5) is 23.8. The number of hydrogen-bond acceptors (Lipinski definition) is 4. The van der Waals surface area contributed by atoms with Gasteiger partial charge in [-0.2, -0.15) is 0 Å². The summed E-state index contributed by atoms with van der Waals surface area (Å²) >= 11 is 0. The molecule has 1 atom stereocenters. The molecule has 0 aliphatic carbocycles. The van der Waals surface area contributed by atoms with Gasteiger partial charge in [0.2, 0.25) is 0 Å². The van der Waals surface area contributed by atoms with E-state index in [0.717, 1.165) is 11.1 Å². The molecule has 4 nitrogen and oxygen atoms in total. The van der Waals surface area contributed by atoms with E-state index in [1.165, 1.54) is 0 Å². The first-order chi connectivity index (χ1) is 9.99. The molecular formula is C17H22O4. The summed E-state index contributed by atoms with van der Waals surface area (Å²) in [6.07, 6.45) is 1.60. The van der Waals surface area contributed by atoms with Crippen LogP contribution in [0.1, 0.15) is 37.8 Å². The first kappa shape index (κ1) is 17.0. The lowest BCUT2D eigenvalue weighted by Crippen LogP contribution is -2.19. The fourth-order valence-corrected chi connectivity index (χ4v) is 1.94. The van der Waals surface area contributed by atoms with E-state index in [4.69, 9.17) is 9.47 Å². The zero-order valence-electron chi connectivity index (χ0n) is 13.0. The molecule has 1 aromatic rings. The molecule has 1 rings (SSSR count). The van der Waals surface area contributed by atoms with Crippen LogP contribution in [0.3, 0.4) is 0 Å². The summed E-state index contributed by atoms with van der Waals surface area (Å²) < 4.78 is 9.85. The first-order valence-electron chi connectivity index (χ1n) is 7.12. The van der Waals surface area contributed by atoms with E-state index < -0.39 is 11.9 Å². The first-order valence-corrected chi connectivity index (χ1v) is 7.12. The van der Waals surface area contributed by atoms with Crippen molar-refractivity contribution in [2.75, 3.05) is 13.2 Å². The molecule has 0 amide bonds. The van der Waals surface area contributed by atoms with Gasteiger partial charge in [-0.05, 0) is 26.3 Å². The van der Waals surface area contributed by atoms with Crippen LogP contribution in [0, 0.1) is 6.92 Å². The maximum Gasteiger partial charge on any atom is 0.345 e. The van der Waals surface area contributed by atoms with Gasteiger partial charge in [-0.3, -0.25) is 0 Å². The maximum atomic E-state index is 11.9. The van der Waals surface area contributed by atoms with E-state index in [0.29, 0.717) is 0 Å². The maximum absolute atomic E-state index is 11.9. The number of carbonyl (C=O) groups is 2. The van der Waals surface area contributed by atoms with Crippen LogP contribution in [-0.2, 0) is 19.1 Å². The highest BCUT2D eigenvalue weighted by atomic mass is 16.6. The second kappa shape index (κ2) is 8.25. The molecule has 0 spiro atoms. The van der Waals surface area contributed by atoms with E-state index in [9.17, 15) is 9.59 Å². The smallest absolute Gasteiger partial charge is 0.345 e. The van der Waals surface area contributed by atoms with Crippen LogP contribution in [0.15, 0.2) is 35.9 Å². The lowest BCUT2D eigenvalue weighted by molar-refractivity contribution is -0.146. The number of allylic oxidation sites excluding steroid dienone is 1. The van der Waals surface area contributed by atoms with E-state index in [1.54, 1.807) is 19.9 Å². The van der Waals surface area contributed by atoms with Gasteiger partial charge in [0.1, 0.15) is 5.57 Å². The molecule has 0 N–H and O–H groups in total. The molecule has 0 bridgehead atoms. The largest absolute Gasteiger partial charge is 0.462 e. The molecule has 0 aromatic heterocycles. The molecule has 0 aliphatic heterocycles. The summed E-state index contributed by atoms with van der Waals surface area (Å²) in [6.45, 7) is 7.75. The number of ether oxygens (including phenoxy) is 2. The van der Waals surface area contributed by atoms with Gasteiger partial charge in [0, 0.05) is 5.92 Å². The Labute approximate surface area is 125 Å². The third kappa shape index (κ3) is 5.06. The molecular weight excluding hydrogens is 268 g/mol. The zero-order chi connectivity index (χ0) is 15.8. The highest BCUT2D eigenvalue weighted by Gasteiger charge is 2.22. The summed E-state index contributed by atoms with van der Waals surface area (Å²) in [5, 5.41) is 0. The van der Waals surface area contributed by atoms with Crippen molar-refractivity contribution in [2.45, 2.75) is 33.6 Å². The molecule has 0 radical (unpaired) electrons. The molecule has 1 unspecified atom stereocenters. The summed E-state index contributed by atoms with van der Waals surface area (Å²) in [5.41, 5.74) is 2.11. The molecule has 114 valence electrons. The summed E-state index contributed by atoms with van der Waals surface area (Å²) in [7, 11) is 0. The SMILES string of the molecule is CCOC(=O)C(=CC(C)c1cccc(C)c1)C(=O)OCC. The Hall–Kier alpha value is -2.10. The van der Waals surface area contributed by atoms with Crippen LogP contribution >= 0.6 is 0 Å². The van der Waals surface area contributed by atoms with Gasteiger partial charge < -0.3 is 9.47 Å². The lowest BCUT2D eigenvalue weighted by Gasteiger charge is -2.11. The van der Waals surface area contributed by atoms with Gasteiger partial charge in [-0.25, -0.2) is 9.59 Å². The highest BCUT2D eigenvalue weighted by molar-refractivity contribution is 6.14. The van der Waals surface area contributed by atoms with Crippen LogP contribution in [0.25, 0.3) is 0 Å². The normalized spacial score (nSPS) is 11.4. The topological polar surface area (TPSA) is 52.6 Å². The second-order valence-corrected chi connectivity index (χ2v) is 4.72. The Morgan fingerprint density at radius 3 is 2.19 bits per heavy atom. The molecule has 4 heteroatoms. The van der Waals surface area contributed by atoms with Crippen LogP contribution in [-0.4, -0.2) is 25.2 Å². The quantitative estimate of drug-likeness (QED) is 0.349. The standard InChI is InChI=1S/C17H22O4/c1-5-20-16(18)15(17(19)21-6-2)11-13(4)14-9-7-8-12(3)10-14/h7-11,13H,5-6H2,1-4H3. The summed E-state index contributed by atoms with van der Waals surface area (Å²) in [6, 6.07) is 7.93. The van der Waals surface area contributed by atoms with Crippen molar-refractivity contribution in [3.8, 4) is 0 Å². The fraction of sp³-hybridized carbons (Fsp3) is 0.412. The third-order valence-corrected chi connectivity index (χ3v) is 2.98. The highest BCUT2D eigenvalue weighted by Crippen LogP contribution is 2.20. The van der Waals surface area contributed by atoms with Crippen molar-refractivity contribution < 1.29 is 19.1 Å². The molecule has 1 aromatic carbocycles.